The summed E-state index contributed by atoms with van der Waals surface area (Å²) in [5.41, 5.74) is 14.7. The summed E-state index contributed by atoms with van der Waals surface area (Å²) in [5.74, 6) is 1.56. The molecule has 0 saturated heterocycles. The number of rotatable bonds is 6. The molecule has 0 saturated carbocycles. The zero-order valence-corrected chi connectivity index (χ0v) is 20.3. The Kier molecular flexibility index (Phi) is 6.90. The molecule has 35 heavy (non-hydrogen) atoms. The van der Waals surface area contributed by atoms with Crippen LogP contribution in [0.1, 0.15) is 35.2 Å². The molecule has 0 aliphatic carbocycles. The fourth-order valence-electron chi connectivity index (χ4n) is 3.65. The number of pyridine rings is 1. The summed E-state index contributed by atoms with van der Waals surface area (Å²) < 4.78 is 12.9. The van der Waals surface area contributed by atoms with Crippen LogP contribution >= 0.6 is 15.9 Å². The molecule has 1 aliphatic rings. The Labute approximate surface area is 210 Å². The van der Waals surface area contributed by atoms with E-state index >= 15 is 0 Å². The minimum atomic E-state index is -0.679. The Morgan fingerprint density at radius 3 is 2.57 bits per heavy atom. The Morgan fingerprint density at radius 1 is 1.11 bits per heavy atom. The van der Waals surface area contributed by atoms with Crippen molar-refractivity contribution in [3.8, 4) is 23.8 Å². The average molecular weight is 533 g/mol. The summed E-state index contributed by atoms with van der Waals surface area (Å²) in [6.45, 7) is 2.66. The maximum absolute atomic E-state index is 9.51. The van der Waals surface area contributed by atoms with E-state index in [0.717, 1.165) is 10.0 Å². The van der Waals surface area contributed by atoms with Crippen molar-refractivity contribution in [3.63, 3.8) is 0 Å². The van der Waals surface area contributed by atoms with Crippen molar-refractivity contribution in [2.24, 2.45) is 4.99 Å². The first-order valence-corrected chi connectivity index (χ1v) is 11.4. The van der Waals surface area contributed by atoms with Crippen LogP contribution < -0.4 is 31.6 Å². The Balaban J connectivity index is 1.74. The molecular weight excluding hydrogens is 512 g/mol. The van der Waals surface area contributed by atoms with Crippen molar-refractivity contribution in [3.05, 3.63) is 69.2 Å². The van der Waals surface area contributed by atoms with Gasteiger partial charge in [0.05, 0.1) is 12.3 Å². The number of nitrogens with one attached hydrogen (secondary N) is 2. The van der Waals surface area contributed by atoms with Gasteiger partial charge in [0, 0.05) is 10.0 Å². The highest BCUT2D eigenvalue weighted by atomic mass is 79.9. The van der Waals surface area contributed by atoms with Crippen LogP contribution in [0.3, 0.4) is 0 Å². The molecule has 1 atom stereocenters. The lowest BCUT2D eigenvalue weighted by Crippen LogP contribution is -2.32. The van der Waals surface area contributed by atoms with E-state index in [1.165, 1.54) is 0 Å². The molecule has 0 bridgehead atoms. The fraction of sp³-hybridized carbons (Fsp3) is 0.167. The number of hydrogen-bond donors (Lipinski definition) is 4. The molecule has 11 heteroatoms. The van der Waals surface area contributed by atoms with Crippen LogP contribution in [0.4, 0.5) is 17.3 Å². The maximum Gasteiger partial charge on any atom is 0.211 e. The zero-order valence-electron chi connectivity index (χ0n) is 18.7. The molecule has 1 unspecified atom stereocenters. The summed E-state index contributed by atoms with van der Waals surface area (Å²) in [6, 6.07) is 14.6. The molecular formula is C24H21BrN8O2. The quantitative estimate of drug-likeness (QED) is 0.272. The molecule has 0 spiro atoms. The molecule has 0 amide bonds. The lowest BCUT2D eigenvalue weighted by molar-refractivity contribution is 0.269. The van der Waals surface area contributed by atoms with Gasteiger partial charge in [0.2, 0.25) is 5.96 Å². The number of benzene rings is 2. The van der Waals surface area contributed by atoms with Gasteiger partial charge in [-0.3, -0.25) is 5.32 Å². The molecule has 0 radical (unpaired) electrons. The molecule has 10 nitrogen and oxygen atoms in total. The monoisotopic (exact) mass is 532 g/mol. The van der Waals surface area contributed by atoms with Crippen molar-refractivity contribution in [1.82, 2.24) is 10.3 Å². The molecule has 176 valence electrons. The third-order valence-electron chi connectivity index (χ3n) is 5.25. The van der Waals surface area contributed by atoms with Gasteiger partial charge in [-0.25, -0.2) is 9.98 Å². The van der Waals surface area contributed by atoms with Crippen LogP contribution in [0.25, 0.3) is 0 Å². The molecule has 0 fully saturated rings. The van der Waals surface area contributed by atoms with Crippen molar-refractivity contribution in [2.45, 2.75) is 19.6 Å². The van der Waals surface area contributed by atoms with E-state index in [4.69, 9.17) is 26.2 Å². The molecule has 6 N–H and O–H groups in total. The highest BCUT2D eigenvalue weighted by Crippen LogP contribution is 2.42. The Morgan fingerprint density at radius 2 is 1.89 bits per heavy atom. The normalized spacial score (nSPS) is 13.9. The van der Waals surface area contributed by atoms with E-state index in [0.29, 0.717) is 41.7 Å². The molecule has 2 aromatic carbocycles. The minimum Gasteiger partial charge on any atom is -0.490 e. The van der Waals surface area contributed by atoms with Crippen molar-refractivity contribution >= 4 is 39.2 Å². The molecule has 1 aliphatic heterocycles. The van der Waals surface area contributed by atoms with E-state index in [1.807, 2.05) is 49.5 Å². The summed E-state index contributed by atoms with van der Waals surface area (Å²) in [6.07, 6.45) is 1.84. The van der Waals surface area contributed by atoms with Gasteiger partial charge in [0.1, 0.15) is 35.9 Å². The van der Waals surface area contributed by atoms with Crippen LogP contribution in [-0.2, 0) is 6.61 Å². The average Bonchev–Trinajstić information content (AvgIpc) is 2.84. The standard InChI is InChI=1S/C24H21BrN8O2/c1-2-34-18-9-14(5-8-17(18)35-11-13-3-6-15(25)7-4-13)21-19-20(28)16(10-26)22(29)32-23(19)33-24(31-21)30-12-27/h3-9,21H,2,11H2,1H3,(H6,28,29,30,31,32,33). The Hall–Kier alpha value is -4.48. The van der Waals surface area contributed by atoms with Gasteiger partial charge in [-0.15, -0.1) is 0 Å². The van der Waals surface area contributed by atoms with Gasteiger partial charge in [-0.05, 0) is 42.3 Å². The summed E-state index contributed by atoms with van der Waals surface area (Å²) in [4.78, 5) is 8.86. The van der Waals surface area contributed by atoms with Crippen LogP contribution in [-0.4, -0.2) is 17.6 Å². The number of anilines is 3. The first kappa shape index (κ1) is 23.7. The van der Waals surface area contributed by atoms with Crippen LogP contribution in [0, 0.1) is 22.8 Å². The predicted octanol–water partition coefficient (Wildman–Crippen LogP) is 3.80. The second-order valence-electron chi connectivity index (χ2n) is 7.46. The van der Waals surface area contributed by atoms with Gasteiger partial charge in [-0.1, -0.05) is 34.1 Å². The molecule has 2 heterocycles. The largest absolute Gasteiger partial charge is 0.490 e. The lowest BCUT2D eigenvalue weighted by atomic mass is 9.95. The van der Waals surface area contributed by atoms with Gasteiger partial charge in [0.25, 0.3) is 0 Å². The Bertz CT molecular complexity index is 1380. The number of nitrogens with zero attached hydrogens (tertiary/aromatic N) is 4. The van der Waals surface area contributed by atoms with Crippen LogP contribution in [0.2, 0.25) is 0 Å². The fourth-order valence-corrected chi connectivity index (χ4v) is 3.91. The summed E-state index contributed by atoms with van der Waals surface area (Å²) >= 11 is 3.43. The van der Waals surface area contributed by atoms with Crippen molar-refractivity contribution in [1.29, 1.82) is 10.5 Å². The van der Waals surface area contributed by atoms with E-state index in [9.17, 15) is 5.26 Å². The number of hydrogen-bond acceptors (Lipinski definition) is 10. The van der Waals surface area contributed by atoms with Gasteiger partial charge >= 0.3 is 0 Å². The smallest absolute Gasteiger partial charge is 0.211 e. The second kappa shape index (κ2) is 10.2. The van der Waals surface area contributed by atoms with Crippen molar-refractivity contribution in [2.75, 3.05) is 23.4 Å². The number of nitriles is 2. The van der Waals surface area contributed by atoms with E-state index in [1.54, 1.807) is 12.1 Å². The molecule has 1 aromatic heterocycles. The number of halogens is 1. The summed E-state index contributed by atoms with van der Waals surface area (Å²) in [7, 11) is 0. The number of nitrogen functional groups attached to an aromatic ring is 2. The van der Waals surface area contributed by atoms with E-state index in [2.05, 4.69) is 36.5 Å². The first-order chi connectivity index (χ1) is 16.9. The van der Waals surface area contributed by atoms with Gasteiger partial charge in [-0.2, -0.15) is 10.5 Å². The number of nitrogens with two attached hydrogens (primary N) is 2. The summed E-state index contributed by atoms with van der Waals surface area (Å²) in [5, 5.41) is 24.0. The van der Waals surface area contributed by atoms with Crippen molar-refractivity contribution < 1.29 is 9.47 Å². The zero-order chi connectivity index (χ0) is 24.9. The topological polar surface area (TPSA) is 167 Å². The van der Waals surface area contributed by atoms with Gasteiger partial charge in [0.15, 0.2) is 17.7 Å². The number of guanidine groups is 1. The minimum absolute atomic E-state index is 0.0140. The second-order valence-corrected chi connectivity index (χ2v) is 8.37. The lowest BCUT2D eigenvalue weighted by Gasteiger charge is -2.26. The first-order valence-electron chi connectivity index (χ1n) is 10.6. The third kappa shape index (κ3) is 4.90. The number of aromatic nitrogens is 1. The van der Waals surface area contributed by atoms with E-state index in [-0.39, 0.29) is 23.0 Å². The third-order valence-corrected chi connectivity index (χ3v) is 5.78. The highest BCUT2D eigenvalue weighted by Gasteiger charge is 2.30. The highest BCUT2D eigenvalue weighted by molar-refractivity contribution is 9.10. The maximum atomic E-state index is 9.51. The van der Waals surface area contributed by atoms with Gasteiger partial charge < -0.3 is 26.3 Å². The molecule has 3 aromatic rings. The SMILES string of the molecule is CCOc1cc(C2N=C(NC#N)Nc3nc(N)c(C#N)c(N)c32)ccc1OCc1ccc(Br)cc1. The number of ether oxygens (including phenoxy) is 2. The predicted molar refractivity (Wildman–Crippen MR) is 136 cm³/mol. The van der Waals surface area contributed by atoms with E-state index < -0.39 is 6.04 Å². The number of aliphatic imine (C=N–C) groups is 1. The van der Waals surface area contributed by atoms with Crippen LogP contribution in [0.5, 0.6) is 11.5 Å². The number of fused-ring (bicyclic) bond motifs is 1. The van der Waals surface area contributed by atoms with Crippen LogP contribution in [0.15, 0.2) is 51.9 Å². The molecule has 4 rings (SSSR count).